The van der Waals surface area contributed by atoms with E-state index in [1.54, 1.807) is 6.92 Å². The molecule has 0 bridgehead atoms. The highest BCUT2D eigenvalue weighted by Crippen LogP contribution is 2.18. The van der Waals surface area contributed by atoms with E-state index in [2.05, 4.69) is 0 Å². The van der Waals surface area contributed by atoms with Gasteiger partial charge in [-0.05, 0) is 0 Å². The minimum atomic E-state index is -1.20. The Morgan fingerprint density at radius 3 is 2.20 bits per heavy atom. The molecule has 6 nitrogen and oxygen atoms in total. The molecule has 0 aliphatic carbocycles. The molecule has 4 N–H and O–H groups in total. The molecule has 0 saturated carbocycles. The molecule has 0 fully saturated rings. The van der Waals surface area contributed by atoms with E-state index in [4.69, 9.17) is 15.9 Å². The lowest BCUT2D eigenvalue weighted by Gasteiger charge is -2.11. The van der Waals surface area contributed by atoms with Crippen LogP contribution in [0.5, 0.6) is 0 Å². The fourth-order valence-electron chi connectivity index (χ4n) is 0.719. The molecule has 0 aromatic heterocycles. The molecule has 0 heterocycles. The fraction of sp³-hybridized carbons (Fsp3) is 0.625. The zero-order valence-electron chi connectivity index (χ0n) is 8.17. The van der Waals surface area contributed by atoms with Crippen LogP contribution in [0.4, 0.5) is 0 Å². The van der Waals surface area contributed by atoms with Crippen LogP contribution in [0.15, 0.2) is 0 Å². The van der Waals surface area contributed by atoms with Gasteiger partial charge in [-0.15, -0.1) is 11.8 Å². The number of rotatable bonds is 7. The van der Waals surface area contributed by atoms with E-state index in [9.17, 15) is 14.4 Å². The largest absolute Gasteiger partial charge is 0.481 e. The lowest BCUT2D eigenvalue weighted by atomic mass is 10.2. The van der Waals surface area contributed by atoms with Crippen LogP contribution in [0.1, 0.15) is 13.3 Å². The average molecular weight is 235 g/mol. The summed E-state index contributed by atoms with van der Waals surface area (Å²) >= 11 is 0.913. The van der Waals surface area contributed by atoms with Crippen molar-refractivity contribution in [2.24, 2.45) is 11.7 Å². The lowest BCUT2D eigenvalue weighted by molar-refractivity contribution is -0.142. The molecule has 15 heavy (non-hydrogen) atoms. The second-order valence-electron chi connectivity index (χ2n) is 3.06. The van der Waals surface area contributed by atoms with Crippen molar-refractivity contribution in [1.29, 1.82) is 0 Å². The van der Waals surface area contributed by atoms with Gasteiger partial charge in [0.2, 0.25) is 5.91 Å². The Kier molecular flexibility index (Phi) is 5.76. The van der Waals surface area contributed by atoms with Crippen molar-refractivity contribution in [2.75, 3.05) is 5.75 Å². The van der Waals surface area contributed by atoms with Crippen molar-refractivity contribution in [3.63, 3.8) is 0 Å². The summed E-state index contributed by atoms with van der Waals surface area (Å²) in [5.74, 6) is -3.16. The van der Waals surface area contributed by atoms with Crippen molar-refractivity contribution >= 4 is 29.6 Å². The van der Waals surface area contributed by atoms with Crippen LogP contribution in [0.25, 0.3) is 0 Å². The molecule has 0 aliphatic rings. The first-order chi connectivity index (χ1) is 6.84. The molecule has 0 rings (SSSR count). The second-order valence-corrected chi connectivity index (χ2v) is 4.30. The van der Waals surface area contributed by atoms with Gasteiger partial charge >= 0.3 is 11.9 Å². The highest BCUT2D eigenvalue weighted by molar-refractivity contribution is 8.00. The first-order valence-corrected chi connectivity index (χ1v) is 5.25. The maximum absolute atomic E-state index is 10.6. The van der Waals surface area contributed by atoms with Crippen molar-refractivity contribution in [2.45, 2.75) is 18.6 Å². The molecule has 2 unspecified atom stereocenters. The van der Waals surface area contributed by atoms with E-state index in [1.807, 2.05) is 0 Å². The number of primary amides is 1. The van der Waals surface area contributed by atoms with Crippen LogP contribution >= 0.6 is 11.8 Å². The van der Waals surface area contributed by atoms with Gasteiger partial charge in [0, 0.05) is 11.7 Å². The third-order valence-corrected chi connectivity index (χ3v) is 3.13. The van der Waals surface area contributed by atoms with Gasteiger partial charge in [-0.2, -0.15) is 0 Å². The summed E-state index contributed by atoms with van der Waals surface area (Å²) in [6, 6.07) is 0. The molecule has 2 atom stereocenters. The summed E-state index contributed by atoms with van der Waals surface area (Å²) in [7, 11) is 0. The van der Waals surface area contributed by atoms with Crippen LogP contribution in [0.2, 0.25) is 0 Å². The van der Waals surface area contributed by atoms with Crippen molar-refractivity contribution in [3.8, 4) is 0 Å². The standard InChI is InChI=1S/C8H13NO5S/c1-4(7(9)12)3-15-5(8(13)14)2-6(10)11/h4-5H,2-3H2,1H3,(H2,9,12)(H,10,11)(H,13,14). The molecule has 7 heteroatoms. The van der Waals surface area contributed by atoms with Crippen LogP contribution in [-0.2, 0) is 14.4 Å². The third-order valence-electron chi connectivity index (χ3n) is 1.67. The van der Waals surface area contributed by atoms with E-state index in [-0.39, 0.29) is 5.75 Å². The number of hydrogen-bond acceptors (Lipinski definition) is 4. The van der Waals surface area contributed by atoms with Gasteiger partial charge in [-0.3, -0.25) is 14.4 Å². The maximum atomic E-state index is 10.6. The maximum Gasteiger partial charge on any atom is 0.317 e. The van der Waals surface area contributed by atoms with Gasteiger partial charge in [-0.1, -0.05) is 6.92 Å². The summed E-state index contributed by atoms with van der Waals surface area (Å²) in [5, 5.41) is 16.1. The number of nitrogens with two attached hydrogens (primary N) is 1. The molecule has 0 radical (unpaired) electrons. The predicted octanol–water partition coefficient (Wildman–Crippen LogP) is -0.231. The second kappa shape index (κ2) is 6.28. The Morgan fingerprint density at radius 2 is 1.87 bits per heavy atom. The number of carboxylic acid groups (broad SMARTS) is 2. The Bertz CT molecular complexity index is 268. The van der Waals surface area contributed by atoms with Crippen molar-refractivity contribution in [1.82, 2.24) is 0 Å². The number of carbonyl (C=O) groups is 3. The van der Waals surface area contributed by atoms with Gasteiger partial charge in [-0.25, -0.2) is 0 Å². The Balaban J connectivity index is 4.13. The molecule has 0 spiro atoms. The smallest absolute Gasteiger partial charge is 0.317 e. The molecule has 0 saturated heterocycles. The molecule has 0 aliphatic heterocycles. The van der Waals surface area contributed by atoms with E-state index < -0.39 is 35.4 Å². The Labute approximate surface area is 90.8 Å². The summed E-state index contributed by atoms with van der Waals surface area (Å²) < 4.78 is 0. The normalized spacial score (nSPS) is 14.2. The highest BCUT2D eigenvalue weighted by atomic mass is 32.2. The molecule has 0 aromatic rings. The summed E-state index contributed by atoms with van der Waals surface area (Å²) in [4.78, 5) is 31.6. The topological polar surface area (TPSA) is 118 Å². The Morgan fingerprint density at radius 1 is 1.33 bits per heavy atom. The van der Waals surface area contributed by atoms with Gasteiger partial charge in [0.15, 0.2) is 0 Å². The zero-order valence-corrected chi connectivity index (χ0v) is 8.99. The molecule has 86 valence electrons. The number of thioether (sulfide) groups is 1. The molecule has 0 aromatic carbocycles. The third kappa shape index (κ3) is 5.95. The number of aliphatic carboxylic acids is 2. The van der Waals surface area contributed by atoms with Gasteiger partial charge in [0.1, 0.15) is 5.25 Å². The van der Waals surface area contributed by atoms with E-state index >= 15 is 0 Å². The first kappa shape index (κ1) is 13.8. The van der Waals surface area contributed by atoms with Gasteiger partial charge in [0.05, 0.1) is 6.42 Å². The minimum Gasteiger partial charge on any atom is -0.481 e. The number of amides is 1. The predicted molar refractivity (Wildman–Crippen MR) is 54.5 cm³/mol. The summed E-state index contributed by atoms with van der Waals surface area (Å²) in [6.07, 6.45) is -0.467. The monoisotopic (exact) mass is 235 g/mol. The number of carboxylic acids is 2. The number of carbonyl (C=O) groups excluding carboxylic acids is 1. The van der Waals surface area contributed by atoms with Gasteiger partial charge < -0.3 is 15.9 Å². The quantitative estimate of drug-likeness (QED) is 0.561. The van der Waals surface area contributed by atoms with Crippen LogP contribution < -0.4 is 5.73 Å². The van der Waals surface area contributed by atoms with E-state index in [0.29, 0.717) is 0 Å². The molecular formula is C8H13NO5S. The van der Waals surface area contributed by atoms with Crippen molar-refractivity contribution < 1.29 is 24.6 Å². The fourth-order valence-corrected chi connectivity index (χ4v) is 1.81. The first-order valence-electron chi connectivity index (χ1n) is 4.20. The average Bonchev–Trinajstić information content (AvgIpc) is 2.10. The highest BCUT2D eigenvalue weighted by Gasteiger charge is 2.23. The van der Waals surface area contributed by atoms with Crippen LogP contribution in [0.3, 0.4) is 0 Å². The molecule has 1 amide bonds. The number of hydrogen-bond donors (Lipinski definition) is 3. The SMILES string of the molecule is CC(CSC(CC(=O)O)C(=O)O)C(N)=O. The van der Waals surface area contributed by atoms with Gasteiger partial charge in [0.25, 0.3) is 0 Å². The Hall–Kier alpha value is -1.24. The van der Waals surface area contributed by atoms with E-state index in [1.165, 1.54) is 0 Å². The van der Waals surface area contributed by atoms with Crippen molar-refractivity contribution in [3.05, 3.63) is 0 Å². The van der Waals surface area contributed by atoms with Crippen LogP contribution in [-0.4, -0.2) is 39.1 Å². The minimum absolute atomic E-state index is 0.208. The van der Waals surface area contributed by atoms with E-state index in [0.717, 1.165) is 11.8 Å². The zero-order chi connectivity index (χ0) is 12.0. The summed E-state index contributed by atoms with van der Waals surface area (Å²) in [6.45, 7) is 1.56. The summed E-state index contributed by atoms with van der Waals surface area (Å²) in [5.41, 5.74) is 4.98. The lowest BCUT2D eigenvalue weighted by Crippen LogP contribution is -2.26. The molecular weight excluding hydrogens is 222 g/mol. The van der Waals surface area contributed by atoms with Crippen LogP contribution in [0, 0.1) is 5.92 Å².